The number of nitrogens with one attached hydrogen (secondary N) is 2. The van der Waals surface area contributed by atoms with E-state index in [0.29, 0.717) is 11.5 Å². The van der Waals surface area contributed by atoms with Gasteiger partial charge >= 0.3 is 0 Å². The Kier molecular flexibility index (Phi) is 10.6. The Bertz CT molecular complexity index is 613. The molecule has 0 unspecified atom stereocenters. The second-order valence-electron chi connectivity index (χ2n) is 6.97. The molecule has 1 saturated carbocycles. The highest BCUT2D eigenvalue weighted by Gasteiger charge is 2.31. The predicted octanol–water partition coefficient (Wildman–Crippen LogP) is 3.60. The van der Waals surface area contributed by atoms with Gasteiger partial charge in [0.05, 0.1) is 17.0 Å². The van der Waals surface area contributed by atoms with E-state index in [1.165, 1.54) is 25.3 Å². The van der Waals surface area contributed by atoms with Crippen LogP contribution in [0.15, 0.2) is 29.3 Å². The molecule has 1 aliphatic rings. The molecule has 1 aromatic carbocycles. The highest BCUT2D eigenvalue weighted by Crippen LogP contribution is 2.38. The topological polar surface area (TPSA) is 99.8 Å². The van der Waals surface area contributed by atoms with Crippen molar-refractivity contribution in [3.8, 4) is 0 Å². The summed E-state index contributed by atoms with van der Waals surface area (Å²) in [7, 11) is 0. The molecule has 0 atom stereocenters. The lowest BCUT2D eigenvalue weighted by atomic mass is 9.72. The van der Waals surface area contributed by atoms with E-state index in [4.69, 9.17) is 0 Å². The minimum atomic E-state index is -0.372. The summed E-state index contributed by atoms with van der Waals surface area (Å²) >= 11 is 0. The van der Waals surface area contributed by atoms with E-state index in [1.54, 1.807) is 18.2 Å². The molecule has 152 valence electrons. The zero-order valence-electron chi connectivity index (χ0n) is 15.9. The van der Waals surface area contributed by atoms with Gasteiger partial charge in [-0.05, 0) is 31.6 Å². The summed E-state index contributed by atoms with van der Waals surface area (Å²) in [5, 5.41) is 27.2. The standard InChI is InChI=1S/C19H30N4O3.HI/c1-2-20-18(21-14-16-8-4-5-9-17(16)23(25)26)22-15-19(12-13-24)10-6-3-7-11-19;/h4-5,8-9,24H,2-3,6-7,10-15H2,1H3,(H2,20,21,22);1H. The number of nitro groups is 1. The van der Waals surface area contributed by atoms with Gasteiger partial charge in [-0.1, -0.05) is 37.5 Å². The van der Waals surface area contributed by atoms with Crippen molar-refractivity contribution in [1.29, 1.82) is 0 Å². The summed E-state index contributed by atoms with van der Waals surface area (Å²) < 4.78 is 0. The Labute approximate surface area is 178 Å². The van der Waals surface area contributed by atoms with Crippen LogP contribution >= 0.6 is 24.0 Å². The SMILES string of the molecule is CCNC(=NCc1ccccc1[N+](=O)[O-])NCC1(CCO)CCCCC1.I. The Morgan fingerprint density at radius 2 is 1.96 bits per heavy atom. The molecule has 1 aliphatic carbocycles. The van der Waals surface area contributed by atoms with Gasteiger partial charge in [-0.2, -0.15) is 0 Å². The number of aliphatic imine (C=N–C) groups is 1. The summed E-state index contributed by atoms with van der Waals surface area (Å²) in [6.07, 6.45) is 6.69. The second-order valence-corrected chi connectivity index (χ2v) is 6.97. The summed E-state index contributed by atoms with van der Waals surface area (Å²) in [5.41, 5.74) is 0.802. The first-order valence-electron chi connectivity index (χ1n) is 9.45. The van der Waals surface area contributed by atoms with Gasteiger partial charge in [-0.15, -0.1) is 24.0 Å². The zero-order valence-corrected chi connectivity index (χ0v) is 18.3. The van der Waals surface area contributed by atoms with Gasteiger partial charge in [-0.25, -0.2) is 4.99 Å². The van der Waals surface area contributed by atoms with Gasteiger partial charge in [-0.3, -0.25) is 10.1 Å². The fourth-order valence-corrected chi connectivity index (χ4v) is 3.65. The summed E-state index contributed by atoms with van der Waals surface area (Å²) in [6, 6.07) is 6.69. The molecule has 1 aromatic rings. The van der Waals surface area contributed by atoms with Crippen molar-refractivity contribution in [2.24, 2.45) is 10.4 Å². The lowest BCUT2D eigenvalue weighted by Crippen LogP contribution is -2.44. The molecule has 0 amide bonds. The number of para-hydroxylation sites is 1. The molecule has 7 nitrogen and oxygen atoms in total. The maximum atomic E-state index is 11.1. The van der Waals surface area contributed by atoms with Crippen molar-refractivity contribution in [3.63, 3.8) is 0 Å². The number of nitro benzene ring substituents is 1. The van der Waals surface area contributed by atoms with Crippen molar-refractivity contribution in [2.75, 3.05) is 19.7 Å². The van der Waals surface area contributed by atoms with E-state index >= 15 is 0 Å². The van der Waals surface area contributed by atoms with Gasteiger partial charge in [0.15, 0.2) is 5.96 Å². The molecule has 3 N–H and O–H groups in total. The molecule has 1 fully saturated rings. The van der Waals surface area contributed by atoms with Gasteiger partial charge in [0.1, 0.15) is 0 Å². The molecular weight excluding hydrogens is 459 g/mol. The molecule has 0 spiro atoms. The summed E-state index contributed by atoms with van der Waals surface area (Å²) in [6.45, 7) is 3.92. The fraction of sp³-hybridized carbons (Fsp3) is 0.632. The van der Waals surface area contributed by atoms with Crippen LogP contribution in [0.2, 0.25) is 0 Å². The van der Waals surface area contributed by atoms with Crippen molar-refractivity contribution < 1.29 is 10.0 Å². The minimum absolute atomic E-state index is 0. The number of aliphatic hydroxyl groups excluding tert-OH is 1. The van der Waals surface area contributed by atoms with Crippen LogP contribution in [-0.4, -0.2) is 35.7 Å². The first-order chi connectivity index (χ1) is 12.6. The van der Waals surface area contributed by atoms with Crippen LogP contribution < -0.4 is 10.6 Å². The Hall–Kier alpha value is -1.42. The summed E-state index contributed by atoms with van der Waals surface area (Å²) in [4.78, 5) is 15.3. The number of aliphatic hydroxyl groups is 1. The predicted molar refractivity (Wildman–Crippen MR) is 119 cm³/mol. The minimum Gasteiger partial charge on any atom is -0.396 e. The first-order valence-corrected chi connectivity index (χ1v) is 9.45. The monoisotopic (exact) mass is 490 g/mol. The quantitative estimate of drug-likeness (QED) is 0.170. The van der Waals surface area contributed by atoms with Crippen LogP contribution in [0, 0.1) is 15.5 Å². The zero-order chi connectivity index (χ0) is 18.8. The van der Waals surface area contributed by atoms with Crippen LogP contribution in [0.4, 0.5) is 5.69 Å². The van der Waals surface area contributed by atoms with Crippen LogP contribution in [-0.2, 0) is 6.54 Å². The number of halogens is 1. The van der Waals surface area contributed by atoms with Crippen molar-refractivity contribution in [2.45, 2.75) is 52.0 Å². The number of rotatable bonds is 8. The molecular formula is C19H31IN4O3. The number of benzene rings is 1. The number of nitrogens with zero attached hydrogens (tertiary/aromatic N) is 2. The first kappa shape index (κ1) is 23.6. The molecule has 0 saturated heterocycles. The maximum absolute atomic E-state index is 11.1. The molecule has 27 heavy (non-hydrogen) atoms. The van der Waals surface area contributed by atoms with Gasteiger partial charge in [0.2, 0.25) is 0 Å². The van der Waals surface area contributed by atoms with E-state index in [-0.39, 0.29) is 53.2 Å². The molecule has 0 radical (unpaired) electrons. The second kappa shape index (κ2) is 12.1. The highest BCUT2D eigenvalue weighted by molar-refractivity contribution is 14.0. The smallest absolute Gasteiger partial charge is 0.274 e. The lowest BCUT2D eigenvalue weighted by Gasteiger charge is -2.37. The van der Waals surface area contributed by atoms with Crippen LogP contribution in [0.25, 0.3) is 0 Å². The van der Waals surface area contributed by atoms with Gasteiger partial charge in [0.25, 0.3) is 5.69 Å². The number of guanidine groups is 1. The number of hydrogen-bond donors (Lipinski definition) is 3. The lowest BCUT2D eigenvalue weighted by molar-refractivity contribution is -0.385. The fourth-order valence-electron chi connectivity index (χ4n) is 3.65. The van der Waals surface area contributed by atoms with Crippen LogP contribution in [0.3, 0.4) is 0 Å². The van der Waals surface area contributed by atoms with Crippen molar-refractivity contribution >= 4 is 35.6 Å². The maximum Gasteiger partial charge on any atom is 0.274 e. The summed E-state index contributed by atoms with van der Waals surface area (Å²) in [5.74, 6) is 0.661. The Morgan fingerprint density at radius 1 is 1.26 bits per heavy atom. The molecule has 8 heteroatoms. The average Bonchev–Trinajstić information content (AvgIpc) is 2.65. The molecule has 0 heterocycles. The Balaban J connectivity index is 0.00000364. The largest absolute Gasteiger partial charge is 0.396 e. The van der Waals surface area contributed by atoms with E-state index in [2.05, 4.69) is 15.6 Å². The third kappa shape index (κ3) is 7.25. The highest BCUT2D eigenvalue weighted by atomic mass is 127. The van der Waals surface area contributed by atoms with Crippen LogP contribution in [0.5, 0.6) is 0 Å². The molecule has 0 bridgehead atoms. The Morgan fingerprint density at radius 3 is 2.59 bits per heavy atom. The molecule has 0 aliphatic heterocycles. The van der Waals surface area contributed by atoms with Crippen LogP contribution in [0.1, 0.15) is 51.0 Å². The van der Waals surface area contributed by atoms with E-state index in [9.17, 15) is 15.2 Å². The molecule has 2 rings (SSSR count). The third-order valence-corrected chi connectivity index (χ3v) is 5.13. The third-order valence-electron chi connectivity index (χ3n) is 5.13. The van der Waals surface area contributed by atoms with E-state index in [0.717, 1.165) is 32.4 Å². The average molecular weight is 490 g/mol. The van der Waals surface area contributed by atoms with Crippen molar-refractivity contribution in [1.82, 2.24) is 10.6 Å². The van der Waals surface area contributed by atoms with Gasteiger partial charge in [0, 0.05) is 25.8 Å². The van der Waals surface area contributed by atoms with E-state index in [1.807, 2.05) is 6.92 Å². The molecule has 0 aromatic heterocycles. The normalized spacial score (nSPS) is 16.3. The van der Waals surface area contributed by atoms with Gasteiger partial charge < -0.3 is 15.7 Å². The number of hydrogen-bond acceptors (Lipinski definition) is 4. The van der Waals surface area contributed by atoms with Crippen molar-refractivity contribution in [3.05, 3.63) is 39.9 Å². The van der Waals surface area contributed by atoms with E-state index < -0.39 is 0 Å².